The average Bonchev–Trinajstić information content (AvgIpc) is 1.87. The van der Waals surface area contributed by atoms with Gasteiger partial charge in [-0.1, -0.05) is 0 Å². The minimum absolute atomic E-state index is 1.09. The lowest BCUT2D eigenvalue weighted by Crippen LogP contribution is -2.28. The molecular weight excluding hydrogens is 90.1 g/mol. The number of nitrogens with one attached hydrogen (secondary N) is 1. The molecule has 0 fully saturated rings. The van der Waals surface area contributed by atoms with Crippen LogP contribution in [0.25, 0.3) is 0 Å². The van der Waals surface area contributed by atoms with Crippen LogP contribution < -0.4 is 4.68 Å². The summed E-state index contributed by atoms with van der Waals surface area (Å²) in [4.78, 5) is 0. The van der Waals surface area contributed by atoms with Gasteiger partial charge >= 0.3 is 0 Å². The van der Waals surface area contributed by atoms with Crippen molar-refractivity contribution >= 4 is 0 Å². The zero-order valence-corrected chi connectivity index (χ0v) is 4.47. The molecule has 0 aliphatic rings. The summed E-state index contributed by atoms with van der Waals surface area (Å²) in [5.41, 5.74) is 1.09. The van der Waals surface area contributed by atoms with Crippen molar-refractivity contribution in [3.63, 3.8) is 0 Å². The molecule has 0 unspecified atom stereocenters. The van der Waals surface area contributed by atoms with Crippen molar-refractivity contribution < 1.29 is 4.68 Å². The fourth-order valence-electron chi connectivity index (χ4n) is 0.496. The predicted octanol–water partition coefficient (Wildman–Crippen LogP) is -0.457. The minimum Gasteiger partial charge on any atom is -0.148 e. The number of aromatic nitrogens is 3. The van der Waals surface area contributed by atoms with E-state index in [2.05, 4.69) is 10.3 Å². The van der Waals surface area contributed by atoms with Crippen molar-refractivity contribution in [2.45, 2.75) is 6.92 Å². The minimum atomic E-state index is 1.09. The molecule has 38 valence electrons. The van der Waals surface area contributed by atoms with Gasteiger partial charge in [-0.05, 0) is 0 Å². The lowest BCUT2D eigenvalue weighted by Gasteiger charge is -1.64. The summed E-state index contributed by atoms with van der Waals surface area (Å²) in [7, 11) is 1.88. The van der Waals surface area contributed by atoms with Crippen molar-refractivity contribution in [2.75, 3.05) is 0 Å². The van der Waals surface area contributed by atoms with Gasteiger partial charge in [-0.3, -0.25) is 0 Å². The lowest BCUT2D eigenvalue weighted by atomic mass is 10.6. The summed E-state index contributed by atoms with van der Waals surface area (Å²) in [6.45, 7) is 1.97. The molecule has 1 aromatic heterocycles. The smallest absolute Gasteiger partial charge is 0.148 e. The van der Waals surface area contributed by atoms with Crippen LogP contribution in [-0.2, 0) is 7.05 Å². The fraction of sp³-hybridized carbons (Fsp3) is 0.500. The molecule has 7 heavy (non-hydrogen) atoms. The highest BCUT2D eigenvalue weighted by Crippen LogP contribution is 1.75. The second-order valence-corrected chi connectivity index (χ2v) is 1.60. The molecule has 1 heterocycles. The zero-order chi connectivity index (χ0) is 5.28. The van der Waals surface area contributed by atoms with Crippen LogP contribution in [0.15, 0.2) is 6.20 Å². The number of hydrogen-bond acceptors (Lipinski definition) is 1. The van der Waals surface area contributed by atoms with E-state index in [1.54, 1.807) is 4.68 Å². The normalized spacial score (nSPS) is 9.43. The number of hydrogen-bond donors (Lipinski definition) is 1. The molecule has 0 spiro atoms. The Hall–Kier alpha value is -0.860. The summed E-state index contributed by atoms with van der Waals surface area (Å²) >= 11 is 0. The van der Waals surface area contributed by atoms with Crippen molar-refractivity contribution in [1.82, 2.24) is 10.3 Å². The molecule has 0 saturated heterocycles. The molecule has 0 aliphatic carbocycles. The van der Waals surface area contributed by atoms with E-state index in [1.807, 2.05) is 20.2 Å². The largest absolute Gasteiger partial charge is 0.161 e. The van der Waals surface area contributed by atoms with Crippen molar-refractivity contribution in [3.8, 4) is 0 Å². The third kappa shape index (κ3) is 0.765. The van der Waals surface area contributed by atoms with Gasteiger partial charge in [-0.2, -0.15) is 0 Å². The van der Waals surface area contributed by atoms with Gasteiger partial charge in [0.2, 0.25) is 0 Å². The Morgan fingerprint density at radius 2 is 2.57 bits per heavy atom. The van der Waals surface area contributed by atoms with Crippen LogP contribution >= 0.6 is 0 Å². The van der Waals surface area contributed by atoms with Crippen LogP contribution in [0.5, 0.6) is 0 Å². The Morgan fingerprint density at radius 3 is 2.71 bits per heavy atom. The van der Waals surface area contributed by atoms with Gasteiger partial charge in [0, 0.05) is 6.92 Å². The Balaban J connectivity index is 3.04. The SMILES string of the molecule is Cc1c[n+](C)n[nH]1. The molecule has 0 aliphatic heterocycles. The second-order valence-electron chi connectivity index (χ2n) is 1.60. The van der Waals surface area contributed by atoms with Gasteiger partial charge in [0.15, 0.2) is 11.9 Å². The van der Waals surface area contributed by atoms with E-state index < -0.39 is 0 Å². The molecule has 3 nitrogen and oxygen atoms in total. The quantitative estimate of drug-likeness (QED) is 0.438. The number of aromatic amines is 1. The molecule has 1 N–H and O–H groups in total. The van der Waals surface area contributed by atoms with E-state index in [0.29, 0.717) is 0 Å². The van der Waals surface area contributed by atoms with Crippen LogP contribution in [0.2, 0.25) is 0 Å². The molecule has 0 bridgehead atoms. The second kappa shape index (κ2) is 1.33. The third-order valence-electron chi connectivity index (χ3n) is 0.765. The lowest BCUT2D eigenvalue weighted by molar-refractivity contribution is -0.730. The Bertz CT molecular complexity index is 139. The molecule has 0 saturated carbocycles. The summed E-state index contributed by atoms with van der Waals surface area (Å²) in [5.74, 6) is 0. The van der Waals surface area contributed by atoms with Crippen LogP contribution in [0.1, 0.15) is 5.69 Å². The maximum Gasteiger partial charge on any atom is 0.161 e. The molecule has 0 radical (unpaired) electrons. The van der Waals surface area contributed by atoms with E-state index in [4.69, 9.17) is 0 Å². The molecule has 1 rings (SSSR count). The van der Waals surface area contributed by atoms with E-state index >= 15 is 0 Å². The Labute approximate surface area is 42.0 Å². The van der Waals surface area contributed by atoms with Crippen LogP contribution in [-0.4, -0.2) is 10.3 Å². The monoisotopic (exact) mass is 98.1 g/mol. The first-order valence-corrected chi connectivity index (χ1v) is 2.17. The van der Waals surface area contributed by atoms with Crippen molar-refractivity contribution in [2.24, 2.45) is 7.05 Å². The highest BCUT2D eigenvalue weighted by atomic mass is 15.4. The van der Waals surface area contributed by atoms with Gasteiger partial charge in [0.1, 0.15) is 7.05 Å². The first-order chi connectivity index (χ1) is 3.29. The molecule has 0 aromatic carbocycles. The molecule has 3 heteroatoms. The van der Waals surface area contributed by atoms with E-state index in [0.717, 1.165) is 5.69 Å². The standard InChI is InChI=1S/C4H7N3/c1-4-3-7(2)6-5-4/h3H,1-2H3/p+1. The number of H-pyrrole nitrogens is 1. The topological polar surface area (TPSA) is 32.6 Å². The predicted molar refractivity (Wildman–Crippen MR) is 24.5 cm³/mol. The number of aryl methyl sites for hydroxylation is 2. The van der Waals surface area contributed by atoms with Crippen LogP contribution in [0.3, 0.4) is 0 Å². The van der Waals surface area contributed by atoms with Crippen molar-refractivity contribution in [3.05, 3.63) is 11.9 Å². The first-order valence-electron chi connectivity index (χ1n) is 2.17. The maximum atomic E-state index is 3.81. The van der Waals surface area contributed by atoms with Gasteiger partial charge in [0.05, 0.1) is 5.21 Å². The van der Waals surface area contributed by atoms with Crippen molar-refractivity contribution in [1.29, 1.82) is 0 Å². The highest BCUT2D eigenvalue weighted by molar-refractivity contribution is 4.78. The number of rotatable bonds is 0. The highest BCUT2D eigenvalue weighted by Gasteiger charge is 1.92. The average molecular weight is 98.1 g/mol. The van der Waals surface area contributed by atoms with E-state index in [1.165, 1.54) is 0 Å². The summed E-state index contributed by atoms with van der Waals surface area (Å²) in [5, 5.41) is 6.59. The first kappa shape index (κ1) is 4.30. The fourth-order valence-corrected chi connectivity index (χ4v) is 0.496. The third-order valence-corrected chi connectivity index (χ3v) is 0.765. The van der Waals surface area contributed by atoms with Gasteiger partial charge in [0.25, 0.3) is 0 Å². The molecule has 0 amide bonds. The zero-order valence-electron chi connectivity index (χ0n) is 4.47. The van der Waals surface area contributed by atoms with Gasteiger partial charge in [-0.25, -0.2) is 0 Å². The van der Waals surface area contributed by atoms with Gasteiger partial charge in [-0.15, -0.1) is 9.78 Å². The van der Waals surface area contributed by atoms with Gasteiger partial charge < -0.3 is 0 Å². The van der Waals surface area contributed by atoms with Crippen LogP contribution in [0.4, 0.5) is 0 Å². The molecule has 1 aromatic rings. The summed E-state index contributed by atoms with van der Waals surface area (Å²) in [6, 6.07) is 0. The number of nitrogens with zero attached hydrogens (tertiary/aromatic N) is 2. The summed E-state index contributed by atoms with van der Waals surface area (Å²) in [6.07, 6.45) is 1.92. The maximum absolute atomic E-state index is 3.81. The molecule has 0 atom stereocenters. The van der Waals surface area contributed by atoms with Crippen LogP contribution in [0, 0.1) is 6.92 Å². The Kier molecular flexibility index (Phi) is 0.817. The Morgan fingerprint density at radius 1 is 1.86 bits per heavy atom. The van der Waals surface area contributed by atoms with E-state index in [9.17, 15) is 0 Å². The summed E-state index contributed by atoms with van der Waals surface area (Å²) < 4.78 is 1.73. The van der Waals surface area contributed by atoms with E-state index in [-0.39, 0.29) is 0 Å². The molecular formula is C4H8N3+.